The van der Waals surface area contributed by atoms with Crippen molar-refractivity contribution >= 4 is 5.84 Å². The minimum atomic E-state index is 0.0622. The Morgan fingerprint density at radius 2 is 2.42 bits per heavy atom. The van der Waals surface area contributed by atoms with Gasteiger partial charge in [-0.2, -0.15) is 10.4 Å². The average molecular weight is 161 g/mol. The molecule has 0 bridgehead atoms. The van der Waals surface area contributed by atoms with E-state index in [4.69, 9.17) is 16.8 Å². The molecule has 0 aromatic carbocycles. The van der Waals surface area contributed by atoms with Crippen molar-refractivity contribution in [3.8, 4) is 6.07 Å². The van der Waals surface area contributed by atoms with E-state index < -0.39 is 0 Å². The Morgan fingerprint density at radius 3 is 3.00 bits per heavy atom. The predicted octanol–water partition coefficient (Wildman–Crippen LogP) is -0.468. The van der Waals surface area contributed by atoms with Crippen LogP contribution < -0.4 is 11.6 Å². The van der Waals surface area contributed by atoms with Crippen LogP contribution in [0.2, 0.25) is 0 Å². The first-order valence-corrected chi connectivity index (χ1v) is 3.18. The molecule has 0 saturated heterocycles. The highest BCUT2D eigenvalue weighted by atomic mass is 15.2. The van der Waals surface area contributed by atoms with Crippen LogP contribution in [0.25, 0.3) is 0 Å². The number of nitriles is 1. The van der Waals surface area contributed by atoms with E-state index in [1.807, 2.05) is 6.07 Å². The molecule has 1 rings (SSSR count). The number of hydrazone groups is 1. The second kappa shape index (κ2) is 3.34. The van der Waals surface area contributed by atoms with Gasteiger partial charge in [-0.1, -0.05) is 0 Å². The van der Waals surface area contributed by atoms with Crippen LogP contribution >= 0.6 is 0 Å². The van der Waals surface area contributed by atoms with Crippen LogP contribution in [-0.2, 0) is 0 Å². The molecule has 0 amide bonds. The van der Waals surface area contributed by atoms with E-state index in [0.717, 1.165) is 0 Å². The van der Waals surface area contributed by atoms with Crippen LogP contribution in [0.15, 0.2) is 23.4 Å². The molecule has 0 atom stereocenters. The van der Waals surface area contributed by atoms with Crippen molar-refractivity contribution in [2.24, 2.45) is 16.7 Å². The Kier molecular flexibility index (Phi) is 2.23. The van der Waals surface area contributed by atoms with Crippen molar-refractivity contribution in [2.75, 3.05) is 0 Å². The standard InChI is InChI=1S/C7H7N5/c8-4-5-2-1-3-11-6(5)7(9)12-10/h1-3H,10H2,(H2,9,12). The van der Waals surface area contributed by atoms with Gasteiger partial charge < -0.3 is 11.6 Å². The van der Waals surface area contributed by atoms with E-state index in [0.29, 0.717) is 11.3 Å². The Morgan fingerprint density at radius 1 is 1.67 bits per heavy atom. The molecule has 4 N–H and O–H groups in total. The number of hydrogen-bond acceptors (Lipinski definition) is 4. The lowest BCUT2D eigenvalue weighted by molar-refractivity contribution is 1.18. The van der Waals surface area contributed by atoms with Crippen LogP contribution in [0, 0.1) is 11.3 Å². The first kappa shape index (κ1) is 8.01. The van der Waals surface area contributed by atoms with Gasteiger partial charge in [0, 0.05) is 6.20 Å². The molecule has 0 fully saturated rings. The Labute approximate surface area is 69.3 Å². The quantitative estimate of drug-likeness (QED) is 0.251. The maximum absolute atomic E-state index is 8.62. The number of aromatic nitrogens is 1. The molecular formula is C7H7N5. The molecule has 1 heterocycles. The van der Waals surface area contributed by atoms with Gasteiger partial charge >= 0.3 is 0 Å². The summed E-state index contributed by atoms with van der Waals surface area (Å²) in [5.74, 6) is 5.00. The zero-order chi connectivity index (χ0) is 8.97. The summed E-state index contributed by atoms with van der Waals surface area (Å²) in [6.45, 7) is 0. The van der Waals surface area contributed by atoms with E-state index in [2.05, 4.69) is 10.1 Å². The number of rotatable bonds is 1. The molecule has 1 aromatic heterocycles. The van der Waals surface area contributed by atoms with E-state index in [1.165, 1.54) is 6.20 Å². The third-order valence-electron chi connectivity index (χ3n) is 1.31. The third-order valence-corrected chi connectivity index (χ3v) is 1.31. The van der Waals surface area contributed by atoms with Crippen LogP contribution in [0.4, 0.5) is 0 Å². The smallest absolute Gasteiger partial charge is 0.170 e. The number of nitrogens with zero attached hydrogens (tertiary/aromatic N) is 3. The molecule has 60 valence electrons. The molecule has 0 unspecified atom stereocenters. The van der Waals surface area contributed by atoms with Gasteiger partial charge in [-0.3, -0.25) is 4.98 Å². The normalized spacial score (nSPS) is 10.8. The second-order valence-electron chi connectivity index (χ2n) is 2.03. The van der Waals surface area contributed by atoms with Gasteiger partial charge in [-0.25, -0.2) is 0 Å². The van der Waals surface area contributed by atoms with E-state index >= 15 is 0 Å². The Bertz CT molecular complexity index is 349. The maximum atomic E-state index is 8.62. The summed E-state index contributed by atoms with van der Waals surface area (Å²) in [4.78, 5) is 3.86. The van der Waals surface area contributed by atoms with Crippen LogP contribution in [0.5, 0.6) is 0 Å². The lowest BCUT2D eigenvalue weighted by Crippen LogP contribution is -2.18. The minimum Gasteiger partial charge on any atom is -0.380 e. The molecular weight excluding hydrogens is 154 g/mol. The molecule has 5 heteroatoms. The summed E-state index contributed by atoms with van der Waals surface area (Å²) >= 11 is 0. The van der Waals surface area contributed by atoms with Gasteiger partial charge in [0.1, 0.15) is 11.8 Å². The first-order chi connectivity index (χ1) is 5.79. The van der Waals surface area contributed by atoms with Gasteiger partial charge in [-0.05, 0) is 12.1 Å². The van der Waals surface area contributed by atoms with Crippen molar-refractivity contribution in [2.45, 2.75) is 0 Å². The van der Waals surface area contributed by atoms with Crippen molar-refractivity contribution in [3.63, 3.8) is 0 Å². The third kappa shape index (κ3) is 1.32. The zero-order valence-corrected chi connectivity index (χ0v) is 6.23. The molecule has 0 spiro atoms. The highest BCUT2D eigenvalue weighted by Crippen LogP contribution is 2.01. The lowest BCUT2D eigenvalue weighted by atomic mass is 10.2. The van der Waals surface area contributed by atoms with Gasteiger partial charge in [0.05, 0.1) is 5.56 Å². The van der Waals surface area contributed by atoms with Crippen LogP contribution in [0.1, 0.15) is 11.3 Å². The molecule has 5 nitrogen and oxygen atoms in total. The fourth-order valence-corrected chi connectivity index (χ4v) is 0.761. The number of amidine groups is 1. The SMILES string of the molecule is N#Cc1cccnc1C(N)=NN. The number of nitrogens with two attached hydrogens (primary N) is 2. The summed E-state index contributed by atoms with van der Waals surface area (Å²) in [5.41, 5.74) is 6.07. The van der Waals surface area contributed by atoms with Crippen molar-refractivity contribution in [1.82, 2.24) is 4.98 Å². The molecule has 0 aliphatic carbocycles. The summed E-state index contributed by atoms with van der Waals surface area (Å²) in [7, 11) is 0. The second-order valence-corrected chi connectivity index (χ2v) is 2.03. The summed E-state index contributed by atoms with van der Waals surface area (Å²) in [5, 5.41) is 11.9. The number of hydrogen-bond donors (Lipinski definition) is 2. The fraction of sp³-hybridized carbons (Fsp3) is 0. The Hall–Kier alpha value is -2.09. The van der Waals surface area contributed by atoms with Crippen molar-refractivity contribution in [1.29, 1.82) is 5.26 Å². The maximum Gasteiger partial charge on any atom is 0.170 e. The van der Waals surface area contributed by atoms with Gasteiger partial charge in [0.2, 0.25) is 0 Å². The first-order valence-electron chi connectivity index (χ1n) is 3.18. The van der Waals surface area contributed by atoms with Gasteiger partial charge in [-0.15, -0.1) is 0 Å². The van der Waals surface area contributed by atoms with Gasteiger partial charge in [0.25, 0.3) is 0 Å². The van der Waals surface area contributed by atoms with Crippen molar-refractivity contribution in [3.05, 3.63) is 29.6 Å². The molecule has 0 saturated carbocycles. The topological polar surface area (TPSA) is 101 Å². The van der Waals surface area contributed by atoms with Crippen molar-refractivity contribution < 1.29 is 0 Å². The molecule has 0 radical (unpaired) electrons. The molecule has 1 aromatic rings. The van der Waals surface area contributed by atoms with Gasteiger partial charge in [0.15, 0.2) is 5.84 Å². The lowest BCUT2D eigenvalue weighted by Gasteiger charge is -1.98. The largest absolute Gasteiger partial charge is 0.380 e. The minimum absolute atomic E-state index is 0.0622. The van der Waals surface area contributed by atoms with E-state index in [1.54, 1.807) is 12.1 Å². The monoisotopic (exact) mass is 161 g/mol. The zero-order valence-electron chi connectivity index (χ0n) is 6.23. The van der Waals surface area contributed by atoms with Crippen LogP contribution in [-0.4, -0.2) is 10.8 Å². The fourth-order valence-electron chi connectivity index (χ4n) is 0.761. The summed E-state index contributed by atoms with van der Waals surface area (Å²) in [6.07, 6.45) is 1.52. The predicted molar refractivity (Wildman–Crippen MR) is 43.9 cm³/mol. The molecule has 0 aliphatic heterocycles. The highest BCUT2D eigenvalue weighted by molar-refractivity contribution is 5.97. The summed E-state index contributed by atoms with van der Waals surface area (Å²) < 4.78 is 0. The highest BCUT2D eigenvalue weighted by Gasteiger charge is 2.05. The summed E-state index contributed by atoms with van der Waals surface area (Å²) in [6, 6.07) is 5.17. The number of pyridine rings is 1. The van der Waals surface area contributed by atoms with E-state index in [9.17, 15) is 0 Å². The van der Waals surface area contributed by atoms with E-state index in [-0.39, 0.29) is 5.84 Å². The Balaban J connectivity index is 3.25. The molecule has 12 heavy (non-hydrogen) atoms. The van der Waals surface area contributed by atoms with Crippen LogP contribution in [0.3, 0.4) is 0 Å². The average Bonchev–Trinajstić information content (AvgIpc) is 2.16. The molecule has 0 aliphatic rings.